The molecule has 2 nitrogen and oxygen atoms in total. The summed E-state index contributed by atoms with van der Waals surface area (Å²) in [7, 11) is 4.12. The van der Waals surface area contributed by atoms with Gasteiger partial charge in [0.05, 0.1) is 0 Å². The van der Waals surface area contributed by atoms with Crippen LogP contribution < -0.4 is 5.73 Å². The summed E-state index contributed by atoms with van der Waals surface area (Å²) in [5.74, 6) is 0.641. The largest absolute Gasteiger partial charge is 0.326 e. The first kappa shape index (κ1) is 9.92. The van der Waals surface area contributed by atoms with Crippen molar-refractivity contribution in [2.75, 3.05) is 20.6 Å². The fourth-order valence-electron chi connectivity index (χ4n) is 0.904. The standard InChI is InChI=1S/C8H20N2/c1-5-7(2)8(9)6-10(3)4/h7-8H,5-6,9H2,1-4H3. The predicted molar refractivity (Wildman–Crippen MR) is 46.0 cm³/mol. The van der Waals surface area contributed by atoms with Crippen LogP contribution in [0.2, 0.25) is 0 Å². The highest BCUT2D eigenvalue weighted by molar-refractivity contribution is 4.69. The maximum atomic E-state index is 5.89. The second kappa shape index (κ2) is 4.69. The van der Waals surface area contributed by atoms with E-state index in [0.717, 1.165) is 6.54 Å². The fraction of sp³-hybridized carbons (Fsp3) is 1.00. The molecule has 2 atom stereocenters. The lowest BCUT2D eigenvalue weighted by Crippen LogP contribution is -2.38. The molecule has 0 aliphatic carbocycles. The lowest BCUT2D eigenvalue weighted by atomic mass is 10.00. The van der Waals surface area contributed by atoms with Crippen LogP contribution in [0.25, 0.3) is 0 Å². The van der Waals surface area contributed by atoms with Crippen molar-refractivity contribution >= 4 is 0 Å². The molecule has 2 N–H and O–H groups in total. The van der Waals surface area contributed by atoms with Gasteiger partial charge in [0, 0.05) is 12.6 Å². The van der Waals surface area contributed by atoms with E-state index in [1.807, 2.05) is 0 Å². The SMILES string of the molecule is CCC(C)C(N)CN(C)C. The Hall–Kier alpha value is -0.0800. The summed E-state index contributed by atoms with van der Waals surface area (Å²) >= 11 is 0. The summed E-state index contributed by atoms with van der Waals surface area (Å²) < 4.78 is 0. The highest BCUT2D eigenvalue weighted by atomic mass is 15.1. The molecule has 10 heavy (non-hydrogen) atoms. The van der Waals surface area contributed by atoms with Gasteiger partial charge in [-0.1, -0.05) is 20.3 Å². The molecule has 0 aromatic carbocycles. The van der Waals surface area contributed by atoms with E-state index in [4.69, 9.17) is 5.73 Å². The molecule has 0 fully saturated rings. The molecule has 0 spiro atoms. The van der Waals surface area contributed by atoms with Gasteiger partial charge in [0.25, 0.3) is 0 Å². The van der Waals surface area contributed by atoms with Crippen LogP contribution in [0.15, 0.2) is 0 Å². The molecule has 0 aromatic rings. The number of rotatable bonds is 4. The fourth-order valence-corrected chi connectivity index (χ4v) is 0.904. The van der Waals surface area contributed by atoms with Gasteiger partial charge in [-0.25, -0.2) is 0 Å². The summed E-state index contributed by atoms with van der Waals surface area (Å²) in [4.78, 5) is 2.14. The summed E-state index contributed by atoms with van der Waals surface area (Å²) in [6, 6.07) is 0.333. The minimum Gasteiger partial charge on any atom is -0.326 e. The molecule has 0 heterocycles. The van der Waals surface area contributed by atoms with Crippen LogP contribution in [0, 0.1) is 5.92 Å². The van der Waals surface area contributed by atoms with Crippen LogP contribution >= 0.6 is 0 Å². The lowest BCUT2D eigenvalue weighted by molar-refractivity contribution is 0.315. The molecule has 0 saturated carbocycles. The Morgan fingerprint density at radius 1 is 1.40 bits per heavy atom. The van der Waals surface area contributed by atoms with Crippen molar-refractivity contribution in [2.45, 2.75) is 26.3 Å². The summed E-state index contributed by atoms with van der Waals surface area (Å²) in [5, 5.41) is 0. The molecular formula is C8H20N2. The van der Waals surface area contributed by atoms with Crippen molar-refractivity contribution in [3.05, 3.63) is 0 Å². The van der Waals surface area contributed by atoms with E-state index >= 15 is 0 Å². The number of hydrogen-bond donors (Lipinski definition) is 1. The normalized spacial score (nSPS) is 17.4. The lowest BCUT2D eigenvalue weighted by Gasteiger charge is -2.21. The highest BCUT2D eigenvalue weighted by Crippen LogP contribution is 2.04. The van der Waals surface area contributed by atoms with Crippen molar-refractivity contribution in [1.29, 1.82) is 0 Å². The third-order valence-corrected chi connectivity index (χ3v) is 1.95. The molecule has 0 bridgehead atoms. The molecule has 0 saturated heterocycles. The Balaban J connectivity index is 3.50. The minimum absolute atomic E-state index is 0.333. The van der Waals surface area contributed by atoms with Crippen molar-refractivity contribution < 1.29 is 0 Å². The first-order chi connectivity index (χ1) is 4.57. The van der Waals surface area contributed by atoms with Gasteiger partial charge >= 0.3 is 0 Å². The van der Waals surface area contributed by atoms with Crippen LogP contribution in [0.1, 0.15) is 20.3 Å². The zero-order valence-electron chi connectivity index (χ0n) is 7.59. The first-order valence-electron chi connectivity index (χ1n) is 3.98. The molecule has 0 aromatic heterocycles. The topological polar surface area (TPSA) is 29.3 Å². The maximum Gasteiger partial charge on any atom is 0.0193 e. The van der Waals surface area contributed by atoms with E-state index in [1.165, 1.54) is 6.42 Å². The molecule has 2 heteroatoms. The number of nitrogens with zero attached hydrogens (tertiary/aromatic N) is 1. The van der Waals surface area contributed by atoms with Gasteiger partial charge in [-0.05, 0) is 20.0 Å². The molecule has 2 unspecified atom stereocenters. The van der Waals surface area contributed by atoms with Crippen molar-refractivity contribution in [3.8, 4) is 0 Å². The van der Waals surface area contributed by atoms with Crippen LogP contribution in [0.4, 0.5) is 0 Å². The Morgan fingerprint density at radius 3 is 2.20 bits per heavy atom. The van der Waals surface area contributed by atoms with Crippen LogP contribution in [-0.4, -0.2) is 31.6 Å². The Bertz CT molecular complexity index is 81.3. The number of likely N-dealkylation sites (N-methyl/N-ethyl adjacent to an activating group) is 1. The Labute approximate surface area is 64.4 Å². The smallest absolute Gasteiger partial charge is 0.0193 e. The molecule has 0 aliphatic heterocycles. The number of nitrogens with two attached hydrogens (primary N) is 1. The maximum absolute atomic E-state index is 5.89. The third-order valence-electron chi connectivity index (χ3n) is 1.95. The quantitative estimate of drug-likeness (QED) is 0.636. The van der Waals surface area contributed by atoms with Crippen LogP contribution in [0.3, 0.4) is 0 Å². The van der Waals surface area contributed by atoms with Gasteiger partial charge < -0.3 is 10.6 Å². The van der Waals surface area contributed by atoms with Gasteiger partial charge in [0.2, 0.25) is 0 Å². The first-order valence-corrected chi connectivity index (χ1v) is 3.98. The highest BCUT2D eigenvalue weighted by Gasteiger charge is 2.10. The second-order valence-electron chi connectivity index (χ2n) is 3.31. The van der Waals surface area contributed by atoms with E-state index in [-0.39, 0.29) is 0 Å². The van der Waals surface area contributed by atoms with E-state index in [0.29, 0.717) is 12.0 Å². The average molecular weight is 144 g/mol. The summed E-state index contributed by atoms with van der Waals surface area (Å²) in [5.41, 5.74) is 5.89. The van der Waals surface area contributed by atoms with E-state index in [2.05, 4.69) is 32.8 Å². The zero-order valence-corrected chi connectivity index (χ0v) is 7.59. The van der Waals surface area contributed by atoms with Gasteiger partial charge in [-0.2, -0.15) is 0 Å². The average Bonchev–Trinajstić information content (AvgIpc) is 1.85. The molecular weight excluding hydrogens is 124 g/mol. The minimum atomic E-state index is 0.333. The monoisotopic (exact) mass is 144 g/mol. The molecule has 0 rings (SSSR count). The summed E-state index contributed by atoms with van der Waals surface area (Å²) in [6.45, 7) is 5.38. The molecule has 0 radical (unpaired) electrons. The zero-order chi connectivity index (χ0) is 8.15. The summed E-state index contributed by atoms with van der Waals surface area (Å²) in [6.07, 6.45) is 1.18. The van der Waals surface area contributed by atoms with Crippen LogP contribution in [-0.2, 0) is 0 Å². The van der Waals surface area contributed by atoms with Gasteiger partial charge in [0.15, 0.2) is 0 Å². The van der Waals surface area contributed by atoms with E-state index in [1.54, 1.807) is 0 Å². The van der Waals surface area contributed by atoms with Crippen LogP contribution in [0.5, 0.6) is 0 Å². The van der Waals surface area contributed by atoms with Crippen molar-refractivity contribution in [1.82, 2.24) is 4.90 Å². The second-order valence-corrected chi connectivity index (χ2v) is 3.31. The van der Waals surface area contributed by atoms with E-state index < -0.39 is 0 Å². The van der Waals surface area contributed by atoms with Gasteiger partial charge in [-0.3, -0.25) is 0 Å². The Morgan fingerprint density at radius 2 is 1.90 bits per heavy atom. The van der Waals surface area contributed by atoms with E-state index in [9.17, 15) is 0 Å². The van der Waals surface area contributed by atoms with Crippen molar-refractivity contribution in [2.24, 2.45) is 11.7 Å². The molecule has 62 valence electrons. The molecule has 0 aliphatic rings. The number of hydrogen-bond acceptors (Lipinski definition) is 2. The van der Waals surface area contributed by atoms with Crippen molar-refractivity contribution in [3.63, 3.8) is 0 Å². The van der Waals surface area contributed by atoms with Gasteiger partial charge in [-0.15, -0.1) is 0 Å². The van der Waals surface area contributed by atoms with Gasteiger partial charge in [0.1, 0.15) is 0 Å². The Kier molecular flexibility index (Phi) is 4.65. The molecule has 0 amide bonds. The third kappa shape index (κ3) is 3.85. The predicted octanol–water partition coefficient (Wildman–Crippen LogP) is 0.921.